The molecule has 0 aromatic carbocycles. The van der Waals surface area contributed by atoms with Gasteiger partial charge in [-0.05, 0) is 12.3 Å². The lowest BCUT2D eigenvalue weighted by Crippen LogP contribution is -2.53. The highest BCUT2D eigenvalue weighted by molar-refractivity contribution is 5.79. The van der Waals surface area contributed by atoms with E-state index < -0.39 is 0 Å². The van der Waals surface area contributed by atoms with Crippen molar-refractivity contribution in [2.45, 2.75) is 19.9 Å². The van der Waals surface area contributed by atoms with Crippen molar-refractivity contribution in [3.63, 3.8) is 0 Å². The van der Waals surface area contributed by atoms with Crippen LogP contribution in [0.25, 0.3) is 0 Å². The van der Waals surface area contributed by atoms with Crippen LogP contribution >= 0.6 is 0 Å². The molecule has 1 N–H and O–H groups in total. The Morgan fingerprint density at radius 3 is 2.78 bits per heavy atom. The van der Waals surface area contributed by atoms with Gasteiger partial charge in [-0.2, -0.15) is 4.98 Å². The number of aliphatic imine (C=N–C) groups is 1. The van der Waals surface area contributed by atoms with Gasteiger partial charge < -0.3 is 19.5 Å². The fourth-order valence-corrected chi connectivity index (χ4v) is 3.14. The van der Waals surface area contributed by atoms with Crippen LogP contribution in [0.3, 0.4) is 0 Å². The molecule has 2 saturated heterocycles. The third-order valence-corrected chi connectivity index (χ3v) is 4.40. The molecule has 3 rings (SSSR count). The number of nitrogens with one attached hydrogen (secondary N) is 1. The molecule has 1 unspecified atom stereocenters. The average molecular weight is 322 g/mol. The van der Waals surface area contributed by atoms with Gasteiger partial charge in [-0.25, -0.2) is 0 Å². The van der Waals surface area contributed by atoms with E-state index in [-0.39, 0.29) is 0 Å². The van der Waals surface area contributed by atoms with Gasteiger partial charge in [0.2, 0.25) is 5.89 Å². The van der Waals surface area contributed by atoms with Crippen LogP contribution in [0.15, 0.2) is 9.52 Å². The first kappa shape index (κ1) is 16.2. The first-order chi connectivity index (χ1) is 11.2. The fourth-order valence-electron chi connectivity index (χ4n) is 3.14. The smallest absolute Gasteiger partial charge is 0.223 e. The van der Waals surface area contributed by atoms with Crippen molar-refractivity contribution < 1.29 is 9.26 Å². The van der Waals surface area contributed by atoms with Gasteiger partial charge in [-0.1, -0.05) is 5.16 Å². The van der Waals surface area contributed by atoms with E-state index in [0.29, 0.717) is 24.2 Å². The van der Waals surface area contributed by atoms with Crippen molar-refractivity contribution in [2.75, 3.05) is 53.0 Å². The molecule has 8 heteroatoms. The molecule has 1 aromatic heterocycles. The Labute approximate surface area is 136 Å². The first-order valence-electron chi connectivity index (χ1n) is 8.29. The molecule has 1 aromatic rings. The third-order valence-electron chi connectivity index (χ3n) is 4.40. The van der Waals surface area contributed by atoms with Gasteiger partial charge >= 0.3 is 0 Å². The molecule has 0 radical (unpaired) electrons. The summed E-state index contributed by atoms with van der Waals surface area (Å²) in [5, 5.41) is 7.20. The maximum absolute atomic E-state index is 5.47. The molecule has 3 heterocycles. The number of nitrogens with zero attached hydrogens (tertiary/aromatic N) is 5. The van der Waals surface area contributed by atoms with Crippen LogP contribution in [0, 0.1) is 12.8 Å². The molecule has 1 atom stereocenters. The number of ether oxygens (including phenoxy) is 1. The summed E-state index contributed by atoms with van der Waals surface area (Å²) in [5.74, 6) is 2.85. The van der Waals surface area contributed by atoms with Crippen LogP contribution in [0.1, 0.15) is 18.1 Å². The molecule has 0 spiro atoms. The number of rotatable bonds is 4. The summed E-state index contributed by atoms with van der Waals surface area (Å²) >= 11 is 0. The van der Waals surface area contributed by atoms with Crippen LogP contribution < -0.4 is 5.32 Å². The quantitative estimate of drug-likeness (QED) is 0.622. The number of guanidine groups is 1. The first-order valence-corrected chi connectivity index (χ1v) is 8.29. The lowest BCUT2D eigenvalue weighted by Gasteiger charge is -2.37. The van der Waals surface area contributed by atoms with Crippen LogP contribution in [0.5, 0.6) is 0 Å². The molecule has 0 bridgehead atoms. The lowest BCUT2D eigenvalue weighted by atomic mass is 10.1. The Bertz CT molecular complexity index is 518. The second-order valence-corrected chi connectivity index (χ2v) is 6.15. The maximum Gasteiger partial charge on any atom is 0.223 e. The molecule has 128 valence electrons. The number of piperazine rings is 1. The van der Waals surface area contributed by atoms with E-state index in [1.807, 2.05) is 7.05 Å². The minimum atomic E-state index is 0.531. The largest absolute Gasteiger partial charge is 0.381 e. The Balaban J connectivity index is 1.43. The average Bonchev–Trinajstić information content (AvgIpc) is 3.21. The summed E-state index contributed by atoms with van der Waals surface area (Å²) in [5.41, 5.74) is 0. The minimum absolute atomic E-state index is 0.531. The summed E-state index contributed by atoms with van der Waals surface area (Å²) in [6.07, 6.45) is 1.20. The molecule has 8 nitrogen and oxygen atoms in total. The second kappa shape index (κ2) is 7.74. The molecule has 0 saturated carbocycles. The monoisotopic (exact) mass is 322 g/mol. The van der Waals surface area contributed by atoms with Gasteiger partial charge in [0.1, 0.15) is 0 Å². The normalized spacial score (nSPS) is 23.5. The zero-order chi connectivity index (χ0) is 16.1. The van der Waals surface area contributed by atoms with E-state index in [1.165, 1.54) is 6.42 Å². The number of hydrogen-bond acceptors (Lipinski definition) is 6. The maximum atomic E-state index is 5.47. The fraction of sp³-hybridized carbons (Fsp3) is 0.800. The van der Waals surface area contributed by atoms with E-state index in [1.54, 1.807) is 6.92 Å². The third kappa shape index (κ3) is 4.42. The Morgan fingerprint density at radius 1 is 1.35 bits per heavy atom. The molecule has 2 aliphatic rings. The van der Waals surface area contributed by atoms with Crippen molar-refractivity contribution in [1.82, 2.24) is 25.3 Å². The summed E-state index contributed by atoms with van der Waals surface area (Å²) in [6.45, 7) is 9.43. The van der Waals surface area contributed by atoms with Gasteiger partial charge in [0.05, 0.1) is 13.2 Å². The number of aryl methyl sites for hydroxylation is 1. The van der Waals surface area contributed by atoms with Crippen LogP contribution in [0.4, 0.5) is 0 Å². The summed E-state index contributed by atoms with van der Waals surface area (Å²) in [6, 6.07) is 0. The van der Waals surface area contributed by atoms with Crippen LogP contribution in [0.2, 0.25) is 0 Å². The highest BCUT2D eigenvalue weighted by Crippen LogP contribution is 2.15. The van der Waals surface area contributed by atoms with E-state index >= 15 is 0 Å². The van der Waals surface area contributed by atoms with Crippen molar-refractivity contribution in [3.8, 4) is 0 Å². The number of aromatic nitrogens is 2. The Hall–Kier alpha value is -1.67. The Kier molecular flexibility index (Phi) is 5.45. The molecule has 2 aliphatic heterocycles. The van der Waals surface area contributed by atoms with Crippen LogP contribution in [-0.4, -0.2) is 78.9 Å². The predicted octanol–water partition coefficient (Wildman–Crippen LogP) is 0.108. The van der Waals surface area contributed by atoms with E-state index in [0.717, 1.165) is 51.9 Å². The summed E-state index contributed by atoms with van der Waals surface area (Å²) < 4.78 is 10.4. The molecule has 0 amide bonds. The molecular weight excluding hydrogens is 296 g/mol. The zero-order valence-electron chi connectivity index (χ0n) is 14.0. The SMILES string of the molecule is CN=C(NCc1noc(C)n1)N1CCN(CC2CCOC2)CC1. The molecule has 0 aliphatic carbocycles. The van der Waals surface area contributed by atoms with Crippen molar-refractivity contribution in [2.24, 2.45) is 10.9 Å². The van der Waals surface area contributed by atoms with Crippen molar-refractivity contribution >= 4 is 5.96 Å². The van der Waals surface area contributed by atoms with Gasteiger partial charge in [0.15, 0.2) is 11.8 Å². The lowest BCUT2D eigenvalue weighted by molar-refractivity contribution is 0.139. The molecule has 2 fully saturated rings. The van der Waals surface area contributed by atoms with Gasteiger partial charge in [-0.3, -0.25) is 9.89 Å². The van der Waals surface area contributed by atoms with Crippen molar-refractivity contribution in [3.05, 3.63) is 11.7 Å². The predicted molar refractivity (Wildman–Crippen MR) is 86.2 cm³/mol. The van der Waals surface area contributed by atoms with Gasteiger partial charge in [0, 0.05) is 53.3 Å². The topological polar surface area (TPSA) is 79.0 Å². The van der Waals surface area contributed by atoms with E-state index in [4.69, 9.17) is 9.26 Å². The minimum Gasteiger partial charge on any atom is -0.381 e. The standard InChI is InChI=1S/C15H26N6O2/c1-12-18-14(19-23-12)9-17-15(16-2)21-6-4-20(5-7-21)10-13-3-8-22-11-13/h13H,3-11H2,1-2H3,(H,16,17). The highest BCUT2D eigenvalue weighted by atomic mass is 16.5. The second-order valence-electron chi connectivity index (χ2n) is 6.15. The summed E-state index contributed by atoms with van der Waals surface area (Å²) in [7, 11) is 1.81. The summed E-state index contributed by atoms with van der Waals surface area (Å²) in [4.78, 5) is 13.4. The van der Waals surface area contributed by atoms with Gasteiger partial charge in [0.25, 0.3) is 0 Å². The highest BCUT2D eigenvalue weighted by Gasteiger charge is 2.24. The van der Waals surface area contributed by atoms with E-state index in [2.05, 4.69) is 30.2 Å². The molecular formula is C15H26N6O2. The van der Waals surface area contributed by atoms with Crippen LogP contribution in [-0.2, 0) is 11.3 Å². The molecule has 23 heavy (non-hydrogen) atoms. The Morgan fingerprint density at radius 2 is 2.17 bits per heavy atom. The van der Waals surface area contributed by atoms with E-state index in [9.17, 15) is 0 Å². The number of hydrogen-bond donors (Lipinski definition) is 1. The van der Waals surface area contributed by atoms with Gasteiger partial charge in [-0.15, -0.1) is 0 Å². The van der Waals surface area contributed by atoms with Crippen molar-refractivity contribution in [1.29, 1.82) is 0 Å². The zero-order valence-corrected chi connectivity index (χ0v) is 14.0.